The van der Waals surface area contributed by atoms with Crippen LogP contribution in [0.15, 0.2) is 53.9 Å². The van der Waals surface area contributed by atoms with Gasteiger partial charge in [-0.2, -0.15) is 4.31 Å². The van der Waals surface area contributed by atoms with Gasteiger partial charge in [-0.3, -0.25) is 14.8 Å². The Morgan fingerprint density at radius 3 is 2.39 bits per heavy atom. The maximum Gasteiger partial charge on any atom is 0.255 e. The van der Waals surface area contributed by atoms with Gasteiger partial charge in [0.1, 0.15) is 4.90 Å². The number of nitrogens with zero attached hydrogens (tertiary/aromatic N) is 4. The minimum atomic E-state index is -3.56. The van der Waals surface area contributed by atoms with Gasteiger partial charge in [0.05, 0.1) is 6.04 Å². The van der Waals surface area contributed by atoms with Crippen molar-refractivity contribution >= 4 is 15.9 Å². The molecule has 0 saturated carbocycles. The van der Waals surface area contributed by atoms with Crippen LogP contribution in [0, 0.1) is 0 Å². The molecular formula is C19H22N4O4S. The van der Waals surface area contributed by atoms with E-state index in [1.54, 1.807) is 30.7 Å². The highest BCUT2D eigenvalue weighted by atomic mass is 32.2. The Bertz CT molecular complexity index is 931. The number of carbonyl (C=O) groups excluding carboxylic acids is 1. The highest BCUT2D eigenvalue weighted by molar-refractivity contribution is 7.89. The van der Waals surface area contributed by atoms with Crippen LogP contribution in [0.3, 0.4) is 0 Å². The molecule has 0 N–H and O–H groups in total. The van der Waals surface area contributed by atoms with Crippen molar-refractivity contribution in [1.82, 2.24) is 19.2 Å². The Balaban J connectivity index is 1.48. The fraction of sp³-hybridized carbons (Fsp3) is 0.421. The normalized spacial score (nSPS) is 24.2. The van der Waals surface area contributed by atoms with Crippen molar-refractivity contribution in [3.8, 4) is 0 Å². The van der Waals surface area contributed by atoms with Crippen LogP contribution in [0.5, 0.6) is 0 Å². The van der Waals surface area contributed by atoms with E-state index in [-0.39, 0.29) is 22.9 Å². The zero-order valence-electron chi connectivity index (χ0n) is 15.5. The van der Waals surface area contributed by atoms with Gasteiger partial charge in [0, 0.05) is 51.0 Å². The van der Waals surface area contributed by atoms with Crippen molar-refractivity contribution in [2.45, 2.75) is 35.9 Å². The number of rotatable bonds is 5. The number of carbonyl (C=O) groups is 1. The molecule has 28 heavy (non-hydrogen) atoms. The van der Waals surface area contributed by atoms with E-state index >= 15 is 0 Å². The van der Waals surface area contributed by atoms with E-state index in [0.29, 0.717) is 25.9 Å². The first-order chi connectivity index (χ1) is 13.5. The van der Waals surface area contributed by atoms with Crippen LogP contribution in [-0.4, -0.2) is 65.8 Å². The van der Waals surface area contributed by atoms with E-state index in [1.807, 2.05) is 17.0 Å². The minimum absolute atomic E-state index is 0.0163. The summed E-state index contributed by atoms with van der Waals surface area (Å²) in [6.07, 6.45) is 6.99. The van der Waals surface area contributed by atoms with E-state index < -0.39 is 16.1 Å². The largest absolute Gasteiger partial charge is 0.369 e. The summed E-state index contributed by atoms with van der Waals surface area (Å²) in [5.41, 5.74) is 0.979. The summed E-state index contributed by atoms with van der Waals surface area (Å²) in [7, 11) is -2.02. The quantitative estimate of drug-likeness (QED) is 0.699. The molecule has 0 spiro atoms. The van der Waals surface area contributed by atoms with Crippen LogP contribution in [0.25, 0.3) is 0 Å². The van der Waals surface area contributed by atoms with Crippen LogP contribution in [0.2, 0.25) is 0 Å². The van der Waals surface area contributed by atoms with Gasteiger partial charge in [0.15, 0.2) is 6.10 Å². The first-order valence-electron chi connectivity index (χ1n) is 9.19. The van der Waals surface area contributed by atoms with E-state index in [2.05, 4.69) is 9.97 Å². The third kappa shape index (κ3) is 3.19. The summed E-state index contributed by atoms with van der Waals surface area (Å²) in [4.78, 5) is 22.6. The number of methoxy groups -OCH3 is 1. The summed E-state index contributed by atoms with van der Waals surface area (Å²) in [5, 5.41) is 0. The first kappa shape index (κ1) is 19.0. The predicted octanol–water partition coefficient (Wildman–Crippen LogP) is 1.23. The second kappa shape index (κ2) is 7.57. The van der Waals surface area contributed by atoms with Crippen molar-refractivity contribution in [3.05, 3.63) is 54.6 Å². The SMILES string of the molecule is CO[C@H]1C(=O)N(C2CCN(S(=O)(=O)c3cccnc3)CC2)[C@H]1c1ccncc1. The number of aromatic nitrogens is 2. The Kier molecular flexibility index (Phi) is 5.13. The van der Waals surface area contributed by atoms with Crippen LogP contribution in [-0.2, 0) is 19.6 Å². The van der Waals surface area contributed by atoms with E-state index in [0.717, 1.165) is 5.56 Å². The van der Waals surface area contributed by atoms with Crippen LogP contribution >= 0.6 is 0 Å². The highest BCUT2D eigenvalue weighted by Crippen LogP contribution is 2.40. The zero-order valence-corrected chi connectivity index (χ0v) is 16.3. The summed E-state index contributed by atoms with van der Waals surface area (Å²) in [5.74, 6) is -0.0436. The Labute approximate surface area is 164 Å². The molecule has 148 valence electrons. The molecule has 2 aromatic heterocycles. The summed E-state index contributed by atoms with van der Waals surface area (Å²) < 4.78 is 32.4. The lowest BCUT2D eigenvalue weighted by molar-refractivity contribution is -0.178. The lowest BCUT2D eigenvalue weighted by Crippen LogP contribution is -2.64. The van der Waals surface area contributed by atoms with Gasteiger partial charge in [0.25, 0.3) is 5.91 Å². The number of hydrogen-bond donors (Lipinski definition) is 0. The van der Waals surface area contributed by atoms with Gasteiger partial charge in [0.2, 0.25) is 10.0 Å². The average molecular weight is 402 g/mol. The molecule has 0 unspecified atom stereocenters. The third-order valence-corrected chi connectivity index (χ3v) is 7.36. The van der Waals surface area contributed by atoms with E-state index in [9.17, 15) is 13.2 Å². The number of pyridine rings is 2. The summed E-state index contributed by atoms with van der Waals surface area (Å²) >= 11 is 0. The standard InChI is InChI=1S/C19H22N4O4S/c1-27-18-17(14-4-9-20-10-5-14)23(19(18)24)15-6-11-22(12-7-15)28(25,26)16-3-2-8-21-13-16/h2-5,8-10,13,15,17-18H,6-7,11-12H2,1H3/t17-,18+/m0/s1. The van der Waals surface area contributed by atoms with Gasteiger partial charge in [-0.05, 0) is 42.7 Å². The smallest absolute Gasteiger partial charge is 0.255 e. The van der Waals surface area contributed by atoms with Gasteiger partial charge < -0.3 is 9.64 Å². The fourth-order valence-corrected chi connectivity index (χ4v) is 5.46. The molecule has 9 heteroatoms. The number of sulfonamides is 1. The van der Waals surface area contributed by atoms with Crippen molar-refractivity contribution in [2.24, 2.45) is 0 Å². The molecular weight excluding hydrogens is 380 g/mol. The van der Waals surface area contributed by atoms with Crippen molar-refractivity contribution in [1.29, 1.82) is 0 Å². The highest BCUT2D eigenvalue weighted by Gasteiger charge is 2.52. The average Bonchev–Trinajstić information content (AvgIpc) is 2.74. The predicted molar refractivity (Wildman–Crippen MR) is 101 cm³/mol. The molecule has 4 heterocycles. The monoisotopic (exact) mass is 402 g/mol. The summed E-state index contributed by atoms with van der Waals surface area (Å²) in [6.45, 7) is 0.735. The van der Waals surface area contributed by atoms with Crippen molar-refractivity contribution in [2.75, 3.05) is 20.2 Å². The number of piperidine rings is 1. The third-order valence-electron chi connectivity index (χ3n) is 5.47. The topological polar surface area (TPSA) is 92.7 Å². The van der Waals surface area contributed by atoms with Gasteiger partial charge in [-0.1, -0.05) is 0 Å². The van der Waals surface area contributed by atoms with Gasteiger partial charge >= 0.3 is 0 Å². The molecule has 2 saturated heterocycles. The van der Waals surface area contributed by atoms with Gasteiger partial charge in [-0.15, -0.1) is 0 Å². The van der Waals surface area contributed by atoms with E-state index in [4.69, 9.17) is 4.74 Å². The maximum absolute atomic E-state index is 12.8. The molecule has 2 fully saturated rings. The van der Waals surface area contributed by atoms with Crippen LogP contribution in [0.4, 0.5) is 0 Å². The second-order valence-corrected chi connectivity index (χ2v) is 8.89. The van der Waals surface area contributed by atoms with Crippen molar-refractivity contribution in [3.63, 3.8) is 0 Å². The minimum Gasteiger partial charge on any atom is -0.369 e. The summed E-state index contributed by atoms with van der Waals surface area (Å²) in [6, 6.07) is 6.76. The molecule has 1 amide bonds. The number of amides is 1. The van der Waals surface area contributed by atoms with Crippen molar-refractivity contribution < 1.29 is 17.9 Å². The molecule has 0 radical (unpaired) electrons. The zero-order chi connectivity index (χ0) is 19.7. The molecule has 0 aliphatic carbocycles. The Morgan fingerprint density at radius 1 is 1.07 bits per heavy atom. The Morgan fingerprint density at radius 2 is 1.79 bits per heavy atom. The second-order valence-electron chi connectivity index (χ2n) is 6.95. The fourth-order valence-electron chi connectivity index (χ4n) is 4.03. The van der Waals surface area contributed by atoms with Crippen LogP contribution < -0.4 is 0 Å². The lowest BCUT2D eigenvalue weighted by atomic mass is 9.87. The molecule has 2 aliphatic rings. The molecule has 0 bridgehead atoms. The number of β-lactam (4-membered cyclic amide) rings is 1. The molecule has 8 nitrogen and oxygen atoms in total. The number of hydrogen-bond acceptors (Lipinski definition) is 6. The molecule has 0 aromatic carbocycles. The molecule has 2 atom stereocenters. The number of ether oxygens (including phenoxy) is 1. The van der Waals surface area contributed by atoms with E-state index in [1.165, 1.54) is 17.6 Å². The van der Waals surface area contributed by atoms with Gasteiger partial charge in [-0.25, -0.2) is 8.42 Å². The Hall–Kier alpha value is -2.36. The maximum atomic E-state index is 12.8. The lowest BCUT2D eigenvalue weighted by Gasteiger charge is -2.52. The first-order valence-corrected chi connectivity index (χ1v) is 10.6. The number of likely N-dealkylation sites (tertiary alicyclic amines) is 1. The molecule has 4 rings (SSSR count). The molecule has 2 aliphatic heterocycles. The van der Waals surface area contributed by atoms with Crippen LogP contribution in [0.1, 0.15) is 24.4 Å². The molecule has 2 aromatic rings.